The number of benzene rings is 3. The molecule has 0 saturated carbocycles. The maximum Gasteiger partial charge on any atom is 0.328 e. The van der Waals surface area contributed by atoms with E-state index in [1.54, 1.807) is 60.7 Å². The molecule has 4 rings (SSSR count). The van der Waals surface area contributed by atoms with Crippen LogP contribution >= 0.6 is 34.8 Å². The van der Waals surface area contributed by atoms with Crippen molar-refractivity contribution < 1.29 is 19.1 Å². The first-order valence-corrected chi connectivity index (χ1v) is 11.8. The molecule has 4 aromatic rings. The van der Waals surface area contributed by atoms with E-state index in [2.05, 4.69) is 16.1 Å². The first-order chi connectivity index (χ1) is 17.2. The first kappa shape index (κ1) is 25.4. The average molecular weight is 546 g/mol. The molecule has 1 heterocycles. The molecule has 3 amide bonds. The van der Waals surface area contributed by atoms with Gasteiger partial charge in [0.2, 0.25) is 0 Å². The minimum absolute atomic E-state index is 0.0561. The zero-order chi connectivity index (χ0) is 25.8. The van der Waals surface area contributed by atoms with Gasteiger partial charge in [0.25, 0.3) is 5.91 Å². The Labute approximate surface area is 221 Å². The van der Waals surface area contributed by atoms with Gasteiger partial charge in [0.1, 0.15) is 11.4 Å². The highest BCUT2D eigenvalue weighted by atomic mass is 35.5. The molecule has 0 atom stereocenters. The van der Waals surface area contributed by atoms with E-state index in [1.807, 2.05) is 6.92 Å². The van der Waals surface area contributed by atoms with Gasteiger partial charge in [0.05, 0.1) is 22.2 Å². The number of hydrogen-bond donors (Lipinski definition) is 3. The Morgan fingerprint density at radius 2 is 1.53 bits per heavy atom. The van der Waals surface area contributed by atoms with Crippen molar-refractivity contribution >= 4 is 74.8 Å². The highest BCUT2D eigenvalue weighted by Gasteiger charge is 2.21. The van der Waals surface area contributed by atoms with E-state index >= 15 is 0 Å². The van der Waals surface area contributed by atoms with Crippen molar-refractivity contribution in [2.45, 2.75) is 6.92 Å². The molecule has 3 aromatic carbocycles. The number of nitrogens with one attached hydrogen (secondary N) is 3. The number of carbonyl (C=O) groups is 3. The van der Waals surface area contributed by atoms with Crippen LogP contribution in [0.4, 0.5) is 11.4 Å². The van der Waals surface area contributed by atoms with Crippen LogP contribution in [0.15, 0.2) is 66.7 Å². The molecule has 0 aliphatic carbocycles. The summed E-state index contributed by atoms with van der Waals surface area (Å²) in [6.45, 7) is 2.36. The minimum atomic E-state index is -0.986. The Bertz CT molecular complexity index is 1470. The number of ether oxygens (including phenoxy) is 1. The number of nitrogens with zero attached hydrogens (tertiary/aromatic N) is 1. The summed E-state index contributed by atoms with van der Waals surface area (Å²) in [6.07, 6.45) is 0. The molecule has 184 valence electrons. The molecule has 0 aliphatic rings. The number of anilines is 2. The third kappa shape index (κ3) is 5.73. The fraction of sp³-hybridized carbons (Fsp3) is 0.0800. The lowest BCUT2D eigenvalue weighted by atomic mass is 10.2. The number of hydrogen-bond acceptors (Lipinski definition) is 4. The van der Waals surface area contributed by atoms with Crippen molar-refractivity contribution in [3.63, 3.8) is 0 Å². The second-order valence-corrected chi connectivity index (χ2v) is 8.75. The monoisotopic (exact) mass is 544 g/mol. The van der Waals surface area contributed by atoms with Gasteiger partial charge in [0, 0.05) is 21.8 Å². The van der Waals surface area contributed by atoms with Crippen LogP contribution in [0.5, 0.6) is 5.75 Å². The van der Waals surface area contributed by atoms with Crippen molar-refractivity contribution in [3.05, 3.63) is 87.5 Å². The van der Waals surface area contributed by atoms with Crippen LogP contribution in [0, 0.1) is 0 Å². The highest BCUT2D eigenvalue weighted by Crippen LogP contribution is 2.27. The largest absolute Gasteiger partial charge is 0.494 e. The topological polar surface area (TPSA) is 101 Å². The lowest BCUT2D eigenvalue weighted by Gasteiger charge is -2.13. The zero-order valence-corrected chi connectivity index (χ0v) is 21.0. The van der Waals surface area contributed by atoms with Gasteiger partial charge in [-0.15, -0.1) is 0 Å². The number of fused-ring (bicyclic) bond motifs is 1. The SMILES string of the molecule is CCOc1ccc(NC(=O)C(=O)Nn2c(C(=O)Nc3ccc(Cl)c(Cl)c3)cc3cc(Cl)ccc32)cc1. The molecule has 0 spiro atoms. The molecule has 1 aromatic heterocycles. The summed E-state index contributed by atoms with van der Waals surface area (Å²) in [7, 11) is 0. The van der Waals surface area contributed by atoms with Crippen molar-refractivity contribution in [1.82, 2.24) is 4.68 Å². The fourth-order valence-electron chi connectivity index (χ4n) is 3.38. The molecule has 3 N–H and O–H groups in total. The van der Waals surface area contributed by atoms with Crippen LogP contribution < -0.4 is 20.8 Å². The average Bonchev–Trinajstić information content (AvgIpc) is 3.20. The van der Waals surface area contributed by atoms with Crippen LogP contribution in [0.1, 0.15) is 17.4 Å². The quantitative estimate of drug-likeness (QED) is 0.260. The van der Waals surface area contributed by atoms with Gasteiger partial charge in [-0.25, -0.2) is 4.68 Å². The molecule has 0 aliphatic heterocycles. The summed E-state index contributed by atoms with van der Waals surface area (Å²) in [6, 6.07) is 17.6. The number of rotatable bonds is 6. The third-order valence-corrected chi connectivity index (χ3v) is 5.99. The molecule has 36 heavy (non-hydrogen) atoms. The second kappa shape index (κ2) is 10.9. The Morgan fingerprint density at radius 1 is 0.806 bits per heavy atom. The molecular weight excluding hydrogens is 527 g/mol. The number of carbonyl (C=O) groups excluding carboxylic acids is 3. The van der Waals surface area contributed by atoms with Crippen molar-refractivity contribution in [2.24, 2.45) is 0 Å². The van der Waals surface area contributed by atoms with Gasteiger partial charge in [-0.05, 0) is 73.7 Å². The van der Waals surface area contributed by atoms with E-state index in [1.165, 1.54) is 10.7 Å². The summed E-state index contributed by atoms with van der Waals surface area (Å²) in [4.78, 5) is 38.4. The standard InChI is InChI=1S/C25H19Cl3N4O4/c1-2-36-18-7-4-16(5-8-18)29-24(34)25(35)31-32-21-10-3-15(26)11-14(21)12-22(32)23(33)30-17-6-9-19(27)20(28)13-17/h3-13H,2H2,1H3,(H,29,34)(H,30,33)(H,31,35). The zero-order valence-electron chi connectivity index (χ0n) is 18.8. The van der Waals surface area contributed by atoms with E-state index in [9.17, 15) is 14.4 Å². The fourth-order valence-corrected chi connectivity index (χ4v) is 3.86. The van der Waals surface area contributed by atoms with Crippen LogP contribution in [0.2, 0.25) is 15.1 Å². The Kier molecular flexibility index (Phi) is 7.69. The Morgan fingerprint density at radius 3 is 2.22 bits per heavy atom. The Hall–Kier alpha value is -3.72. The van der Waals surface area contributed by atoms with E-state index < -0.39 is 17.7 Å². The van der Waals surface area contributed by atoms with E-state index in [-0.39, 0.29) is 10.7 Å². The predicted octanol–water partition coefficient (Wildman–Crippen LogP) is 5.96. The normalized spacial score (nSPS) is 10.7. The second-order valence-electron chi connectivity index (χ2n) is 7.50. The van der Waals surface area contributed by atoms with Gasteiger partial charge in [-0.2, -0.15) is 0 Å². The molecule has 0 radical (unpaired) electrons. The minimum Gasteiger partial charge on any atom is -0.494 e. The van der Waals surface area contributed by atoms with Crippen LogP contribution in [0.25, 0.3) is 10.9 Å². The number of aromatic nitrogens is 1. The van der Waals surface area contributed by atoms with Gasteiger partial charge in [-0.3, -0.25) is 19.8 Å². The van der Waals surface area contributed by atoms with Crippen molar-refractivity contribution in [3.8, 4) is 5.75 Å². The maximum atomic E-state index is 13.1. The summed E-state index contributed by atoms with van der Waals surface area (Å²) >= 11 is 18.1. The number of halogens is 3. The van der Waals surface area contributed by atoms with E-state index in [4.69, 9.17) is 39.5 Å². The van der Waals surface area contributed by atoms with Gasteiger partial charge >= 0.3 is 11.8 Å². The van der Waals surface area contributed by atoms with Gasteiger partial charge in [-0.1, -0.05) is 34.8 Å². The van der Waals surface area contributed by atoms with Gasteiger partial charge < -0.3 is 15.4 Å². The molecule has 11 heteroatoms. The van der Waals surface area contributed by atoms with Crippen LogP contribution in [-0.2, 0) is 9.59 Å². The summed E-state index contributed by atoms with van der Waals surface area (Å²) < 4.78 is 6.59. The first-order valence-electron chi connectivity index (χ1n) is 10.7. The molecule has 0 bridgehead atoms. The maximum absolute atomic E-state index is 13.1. The van der Waals surface area contributed by atoms with Crippen molar-refractivity contribution in [1.29, 1.82) is 0 Å². The van der Waals surface area contributed by atoms with E-state index in [0.29, 0.717) is 44.7 Å². The smallest absolute Gasteiger partial charge is 0.328 e. The third-order valence-electron chi connectivity index (χ3n) is 5.02. The summed E-state index contributed by atoms with van der Waals surface area (Å²) in [5.74, 6) is -1.84. The predicted molar refractivity (Wildman–Crippen MR) is 142 cm³/mol. The molecule has 0 unspecified atom stereocenters. The van der Waals surface area contributed by atoms with Crippen LogP contribution in [0.3, 0.4) is 0 Å². The highest BCUT2D eigenvalue weighted by molar-refractivity contribution is 6.43. The molecular formula is C25H19Cl3N4O4. The summed E-state index contributed by atoms with van der Waals surface area (Å²) in [5, 5.41) is 6.83. The Balaban J connectivity index is 1.58. The molecule has 0 saturated heterocycles. The lowest BCUT2D eigenvalue weighted by Crippen LogP contribution is -2.36. The number of amides is 3. The van der Waals surface area contributed by atoms with E-state index in [0.717, 1.165) is 0 Å². The van der Waals surface area contributed by atoms with Crippen molar-refractivity contribution in [2.75, 3.05) is 22.7 Å². The lowest BCUT2D eigenvalue weighted by molar-refractivity contribution is -0.133. The van der Waals surface area contributed by atoms with Gasteiger partial charge in [0.15, 0.2) is 0 Å². The van der Waals surface area contributed by atoms with Crippen LogP contribution in [-0.4, -0.2) is 29.0 Å². The summed E-state index contributed by atoms with van der Waals surface area (Å²) in [5.41, 5.74) is 3.79. The molecule has 0 fully saturated rings. The molecule has 8 nitrogen and oxygen atoms in total.